The highest BCUT2D eigenvalue weighted by molar-refractivity contribution is 7.95. The molecule has 0 N–H and O–H groups in total. The molecule has 0 aliphatic rings. The van der Waals surface area contributed by atoms with Crippen LogP contribution >= 0.6 is 7.26 Å². The highest BCUT2D eigenvalue weighted by Gasteiger charge is 2.45. The van der Waals surface area contributed by atoms with E-state index in [2.05, 4.69) is 117 Å². The minimum atomic E-state index is -1.87. The van der Waals surface area contributed by atoms with Crippen LogP contribution in [-0.4, -0.2) is 4.98 Å². The minimum absolute atomic E-state index is 0.923. The number of rotatable bonds is 5. The van der Waals surface area contributed by atoms with Crippen LogP contribution in [0.2, 0.25) is 0 Å². The standard InChI is InChI=1S/C26H25NP/c1-21-18-19-23(27-22(21)2)20-28(24-12-6-3-7-13-24,25-14-8-4-9-15-25)26-16-10-5-11-17-26/h3-19H,20H2,1-2H3/q+1. The maximum atomic E-state index is 4.96. The first-order valence-electron chi connectivity index (χ1n) is 9.68. The largest absolute Gasteiger partial charge is 0.254 e. The summed E-state index contributed by atoms with van der Waals surface area (Å²) in [6, 6.07) is 37.4. The van der Waals surface area contributed by atoms with Crippen LogP contribution < -0.4 is 15.9 Å². The van der Waals surface area contributed by atoms with Gasteiger partial charge >= 0.3 is 0 Å². The van der Waals surface area contributed by atoms with Gasteiger partial charge in [-0.05, 0) is 61.9 Å². The Kier molecular flexibility index (Phi) is 5.37. The van der Waals surface area contributed by atoms with E-state index in [1.165, 1.54) is 21.5 Å². The molecule has 0 fully saturated rings. The van der Waals surface area contributed by atoms with Crippen molar-refractivity contribution in [2.75, 3.05) is 0 Å². The zero-order valence-electron chi connectivity index (χ0n) is 16.4. The molecule has 1 heterocycles. The first-order valence-corrected chi connectivity index (χ1v) is 11.7. The van der Waals surface area contributed by atoms with E-state index >= 15 is 0 Å². The summed E-state index contributed by atoms with van der Waals surface area (Å²) in [5.41, 5.74) is 3.52. The van der Waals surface area contributed by atoms with Gasteiger partial charge in [-0.15, -0.1) is 0 Å². The Bertz CT molecular complexity index is 947. The van der Waals surface area contributed by atoms with Gasteiger partial charge in [-0.25, -0.2) is 0 Å². The van der Waals surface area contributed by atoms with Gasteiger partial charge in [0.25, 0.3) is 0 Å². The molecule has 0 saturated carbocycles. The summed E-state index contributed by atoms with van der Waals surface area (Å²) in [7, 11) is -1.87. The Morgan fingerprint density at radius 2 is 1.00 bits per heavy atom. The van der Waals surface area contributed by atoms with E-state index in [4.69, 9.17) is 4.98 Å². The van der Waals surface area contributed by atoms with E-state index < -0.39 is 7.26 Å². The molecule has 4 aromatic rings. The number of benzene rings is 3. The third kappa shape index (κ3) is 3.51. The number of hydrogen-bond donors (Lipinski definition) is 0. The van der Waals surface area contributed by atoms with Crippen LogP contribution in [0.25, 0.3) is 0 Å². The summed E-state index contributed by atoms with van der Waals surface area (Å²) in [5.74, 6) is 0. The number of hydrogen-bond acceptors (Lipinski definition) is 1. The van der Waals surface area contributed by atoms with Crippen LogP contribution in [0, 0.1) is 13.8 Å². The molecule has 0 bridgehead atoms. The van der Waals surface area contributed by atoms with Crippen molar-refractivity contribution in [3.05, 3.63) is 120 Å². The van der Waals surface area contributed by atoms with E-state index in [1.807, 2.05) is 0 Å². The summed E-state index contributed by atoms with van der Waals surface area (Å²) in [4.78, 5) is 4.96. The quantitative estimate of drug-likeness (QED) is 0.433. The number of aromatic nitrogens is 1. The zero-order chi connectivity index (χ0) is 19.4. The van der Waals surface area contributed by atoms with Gasteiger partial charge in [0.05, 0.1) is 5.69 Å². The van der Waals surface area contributed by atoms with Gasteiger partial charge in [-0.3, -0.25) is 4.98 Å². The monoisotopic (exact) mass is 382 g/mol. The van der Waals surface area contributed by atoms with Gasteiger partial charge < -0.3 is 0 Å². The van der Waals surface area contributed by atoms with Gasteiger partial charge in [0.15, 0.2) is 0 Å². The Morgan fingerprint density at radius 3 is 1.39 bits per heavy atom. The number of nitrogens with zero attached hydrogens (tertiary/aromatic N) is 1. The van der Waals surface area contributed by atoms with Crippen LogP contribution in [0.5, 0.6) is 0 Å². The van der Waals surface area contributed by atoms with E-state index in [1.54, 1.807) is 0 Å². The van der Waals surface area contributed by atoms with E-state index in [0.717, 1.165) is 17.5 Å². The second kappa shape index (κ2) is 8.09. The van der Waals surface area contributed by atoms with Crippen LogP contribution in [0.15, 0.2) is 103 Å². The van der Waals surface area contributed by atoms with Crippen LogP contribution in [0.4, 0.5) is 0 Å². The van der Waals surface area contributed by atoms with E-state index in [-0.39, 0.29) is 0 Å². The van der Waals surface area contributed by atoms with Crippen LogP contribution in [0.3, 0.4) is 0 Å². The molecule has 28 heavy (non-hydrogen) atoms. The number of aryl methyl sites for hydroxylation is 2. The van der Waals surface area contributed by atoms with Crippen molar-refractivity contribution in [3.8, 4) is 0 Å². The molecule has 0 atom stereocenters. The molecule has 0 unspecified atom stereocenters. The fourth-order valence-electron chi connectivity index (χ4n) is 3.78. The molecule has 0 amide bonds. The molecule has 138 valence electrons. The molecule has 2 heteroatoms. The second-order valence-corrected chi connectivity index (χ2v) is 10.7. The second-order valence-electron chi connectivity index (χ2n) is 7.18. The van der Waals surface area contributed by atoms with Crippen molar-refractivity contribution < 1.29 is 0 Å². The Morgan fingerprint density at radius 1 is 0.571 bits per heavy atom. The normalized spacial score (nSPS) is 11.4. The topological polar surface area (TPSA) is 12.9 Å². The molecular weight excluding hydrogens is 357 g/mol. The minimum Gasteiger partial charge on any atom is -0.254 e. The molecular formula is C26H25NP+. The molecule has 4 rings (SSSR count). The molecule has 1 nitrogen and oxygen atoms in total. The van der Waals surface area contributed by atoms with Crippen molar-refractivity contribution in [2.45, 2.75) is 20.0 Å². The predicted octanol–water partition coefficient (Wildman–Crippen LogP) is 5.19. The Hall–Kier alpha value is -2.76. The molecule has 3 aromatic carbocycles. The van der Waals surface area contributed by atoms with Crippen molar-refractivity contribution >= 4 is 23.2 Å². The average molecular weight is 382 g/mol. The Balaban J connectivity index is 1.99. The van der Waals surface area contributed by atoms with Crippen molar-refractivity contribution in [2.24, 2.45) is 0 Å². The molecule has 0 aliphatic heterocycles. The van der Waals surface area contributed by atoms with Crippen molar-refractivity contribution in [3.63, 3.8) is 0 Å². The predicted molar refractivity (Wildman–Crippen MR) is 123 cm³/mol. The first-order chi connectivity index (χ1) is 13.7. The third-order valence-corrected chi connectivity index (χ3v) is 9.74. The zero-order valence-corrected chi connectivity index (χ0v) is 17.3. The van der Waals surface area contributed by atoms with Gasteiger partial charge in [-0.1, -0.05) is 60.7 Å². The summed E-state index contributed by atoms with van der Waals surface area (Å²) in [6.45, 7) is 4.23. The van der Waals surface area contributed by atoms with Crippen LogP contribution in [-0.2, 0) is 6.16 Å². The van der Waals surface area contributed by atoms with Crippen LogP contribution in [0.1, 0.15) is 17.0 Å². The number of pyridine rings is 1. The highest BCUT2D eigenvalue weighted by atomic mass is 31.2. The first kappa shape index (κ1) is 18.6. The SMILES string of the molecule is Cc1ccc(C[P+](c2ccccc2)(c2ccccc2)c2ccccc2)nc1C. The highest BCUT2D eigenvalue weighted by Crippen LogP contribution is 2.57. The van der Waals surface area contributed by atoms with Crippen molar-refractivity contribution in [1.82, 2.24) is 4.98 Å². The smallest absolute Gasteiger partial charge is 0.118 e. The summed E-state index contributed by atoms with van der Waals surface area (Å²) >= 11 is 0. The lowest BCUT2D eigenvalue weighted by atomic mass is 10.2. The summed E-state index contributed by atoms with van der Waals surface area (Å²) < 4.78 is 0. The maximum absolute atomic E-state index is 4.96. The van der Waals surface area contributed by atoms with Gasteiger partial charge in [0, 0.05) is 5.69 Å². The maximum Gasteiger partial charge on any atom is 0.118 e. The van der Waals surface area contributed by atoms with Gasteiger partial charge in [-0.2, -0.15) is 0 Å². The fraction of sp³-hybridized carbons (Fsp3) is 0.115. The van der Waals surface area contributed by atoms with E-state index in [9.17, 15) is 0 Å². The van der Waals surface area contributed by atoms with E-state index in [0.29, 0.717) is 0 Å². The van der Waals surface area contributed by atoms with Crippen molar-refractivity contribution in [1.29, 1.82) is 0 Å². The average Bonchev–Trinajstić information content (AvgIpc) is 2.76. The third-order valence-electron chi connectivity index (χ3n) is 5.40. The molecule has 1 aromatic heterocycles. The summed E-state index contributed by atoms with van der Waals surface area (Å²) in [6.07, 6.45) is 0.923. The lowest BCUT2D eigenvalue weighted by Crippen LogP contribution is -2.32. The van der Waals surface area contributed by atoms with Gasteiger partial charge in [0.1, 0.15) is 29.3 Å². The van der Waals surface area contributed by atoms with Gasteiger partial charge in [0.2, 0.25) is 0 Å². The Labute approximate surface area is 168 Å². The molecule has 0 radical (unpaired) electrons. The fourth-order valence-corrected chi connectivity index (χ4v) is 7.93. The molecule has 0 saturated heterocycles. The summed E-state index contributed by atoms with van der Waals surface area (Å²) in [5, 5.41) is 4.19. The molecule has 0 spiro atoms. The lowest BCUT2D eigenvalue weighted by Gasteiger charge is -2.27. The lowest BCUT2D eigenvalue weighted by molar-refractivity contribution is 1.07. The molecule has 0 aliphatic carbocycles.